The van der Waals surface area contributed by atoms with Crippen LogP contribution in [-0.2, 0) is 4.79 Å². The third-order valence-electron chi connectivity index (χ3n) is 7.61. The predicted molar refractivity (Wildman–Crippen MR) is 133 cm³/mol. The Morgan fingerprint density at radius 3 is 2.53 bits per heavy atom. The normalized spacial score (nSPS) is 22.2. The molecule has 0 bridgehead atoms. The maximum absolute atomic E-state index is 13.5. The van der Waals surface area contributed by atoms with E-state index in [2.05, 4.69) is 22.1 Å². The van der Waals surface area contributed by atoms with E-state index >= 15 is 0 Å². The SMILES string of the molecule is C[C@H](C[C@@H]1CCCN1C1CCCCCCC1)n1c(=O)c(N[C@@H](CO)C(=O)O)nc2ccccc21. The smallest absolute Gasteiger partial charge is 0.328 e. The van der Waals surface area contributed by atoms with Crippen LogP contribution >= 0.6 is 0 Å². The fourth-order valence-electron chi connectivity index (χ4n) is 5.89. The number of benzene rings is 1. The summed E-state index contributed by atoms with van der Waals surface area (Å²) in [6.45, 7) is 2.59. The van der Waals surface area contributed by atoms with Gasteiger partial charge in [-0.3, -0.25) is 9.69 Å². The van der Waals surface area contributed by atoms with Gasteiger partial charge in [-0.15, -0.1) is 0 Å². The van der Waals surface area contributed by atoms with Crippen LogP contribution in [0.4, 0.5) is 5.82 Å². The number of aromatic nitrogens is 2. The maximum atomic E-state index is 13.5. The van der Waals surface area contributed by atoms with E-state index in [1.807, 2.05) is 24.3 Å². The third kappa shape index (κ3) is 5.44. The summed E-state index contributed by atoms with van der Waals surface area (Å²) in [6.07, 6.45) is 12.4. The van der Waals surface area contributed by atoms with Crippen molar-refractivity contribution in [2.24, 2.45) is 0 Å². The average molecular weight is 471 g/mol. The second-order valence-electron chi connectivity index (χ2n) is 9.96. The number of likely N-dealkylation sites (tertiary alicyclic amines) is 1. The molecule has 0 unspecified atom stereocenters. The molecular formula is C26H38N4O4. The summed E-state index contributed by atoms with van der Waals surface area (Å²) in [6, 6.07) is 7.20. The lowest BCUT2D eigenvalue weighted by Crippen LogP contribution is -2.41. The van der Waals surface area contributed by atoms with Gasteiger partial charge in [0.25, 0.3) is 5.56 Å². The molecule has 1 saturated carbocycles. The first-order chi connectivity index (χ1) is 16.5. The molecule has 186 valence electrons. The van der Waals surface area contributed by atoms with E-state index in [0.29, 0.717) is 17.6 Å². The number of para-hydroxylation sites is 2. The maximum Gasteiger partial charge on any atom is 0.328 e. The average Bonchev–Trinajstić information content (AvgIpc) is 3.25. The Labute approximate surface area is 201 Å². The Morgan fingerprint density at radius 2 is 1.82 bits per heavy atom. The topological polar surface area (TPSA) is 108 Å². The molecule has 34 heavy (non-hydrogen) atoms. The van der Waals surface area contributed by atoms with Crippen LogP contribution in [0, 0.1) is 0 Å². The number of carboxylic acids is 1. The molecule has 0 radical (unpaired) electrons. The number of carbonyl (C=O) groups is 1. The van der Waals surface area contributed by atoms with E-state index < -0.39 is 18.6 Å². The van der Waals surface area contributed by atoms with Crippen molar-refractivity contribution in [3.8, 4) is 0 Å². The third-order valence-corrected chi connectivity index (χ3v) is 7.61. The van der Waals surface area contributed by atoms with Gasteiger partial charge in [-0.25, -0.2) is 9.78 Å². The van der Waals surface area contributed by atoms with Gasteiger partial charge in [0.2, 0.25) is 0 Å². The summed E-state index contributed by atoms with van der Waals surface area (Å²) >= 11 is 0. The van der Waals surface area contributed by atoms with Crippen LogP contribution in [0.15, 0.2) is 29.1 Å². The minimum Gasteiger partial charge on any atom is -0.480 e. The van der Waals surface area contributed by atoms with Gasteiger partial charge in [-0.1, -0.05) is 44.2 Å². The van der Waals surface area contributed by atoms with E-state index in [-0.39, 0.29) is 17.4 Å². The zero-order valence-corrected chi connectivity index (χ0v) is 20.2. The highest BCUT2D eigenvalue weighted by Gasteiger charge is 2.32. The quantitative estimate of drug-likeness (QED) is 0.539. The van der Waals surface area contributed by atoms with Crippen LogP contribution in [0.2, 0.25) is 0 Å². The van der Waals surface area contributed by atoms with Gasteiger partial charge in [-0.05, 0) is 57.7 Å². The molecule has 8 heteroatoms. The molecule has 1 saturated heterocycles. The first kappa shape index (κ1) is 24.7. The standard InChI is InChI=1S/C26H38N4O4/c1-18(16-20-12-9-15-29(20)19-10-5-3-2-4-6-11-19)30-23-14-8-7-13-21(23)27-24(25(30)32)28-22(17-31)26(33)34/h7-8,13-14,18-20,22,31H,2-6,9-12,15-17H2,1H3,(H,27,28)(H,33,34)/t18-,20+,22+/m1/s1. The number of fused-ring (bicyclic) bond motifs is 1. The molecule has 3 N–H and O–H groups in total. The van der Waals surface area contributed by atoms with Crippen LogP contribution in [0.3, 0.4) is 0 Å². The van der Waals surface area contributed by atoms with Crippen molar-refractivity contribution in [1.82, 2.24) is 14.5 Å². The van der Waals surface area contributed by atoms with E-state index in [4.69, 9.17) is 0 Å². The van der Waals surface area contributed by atoms with Gasteiger partial charge in [0.05, 0.1) is 17.6 Å². The Bertz CT molecular complexity index is 1030. The summed E-state index contributed by atoms with van der Waals surface area (Å²) in [5.41, 5.74) is 1.03. The fraction of sp³-hybridized carbons (Fsp3) is 0.654. The number of aliphatic hydroxyl groups excluding tert-OH is 1. The molecule has 0 amide bonds. The second kappa shape index (κ2) is 11.3. The molecule has 8 nitrogen and oxygen atoms in total. The van der Waals surface area contributed by atoms with Crippen molar-refractivity contribution in [3.05, 3.63) is 34.6 Å². The van der Waals surface area contributed by atoms with Crippen molar-refractivity contribution in [3.63, 3.8) is 0 Å². The van der Waals surface area contributed by atoms with Crippen LogP contribution < -0.4 is 10.9 Å². The van der Waals surface area contributed by atoms with Crippen LogP contribution in [0.1, 0.15) is 77.2 Å². The minimum atomic E-state index is -1.28. The van der Waals surface area contributed by atoms with Crippen molar-refractivity contribution < 1.29 is 15.0 Å². The number of hydrogen-bond acceptors (Lipinski definition) is 6. The number of carboxylic acid groups (broad SMARTS) is 1. The molecule has 3 atom stereocenters. The highest BCUT2D eigenvalue weighted by Crippen LogP contribution is 2.32. The van der Waals surface area contributed by atoms with Crippen molar-refractivity contribution in [2.45, 2.75) is 95.3 Å². The minimum absolute atomic E-state index is 0.0321. The van der Waals surface area contributed by atoms with Gasteiger partial charge in [0.15, 0.2) is 5.82 Å². The Hall–Kier alpha value is -2.45. The first-order valence-corrected chi connectivity index (χ1v) is 12.9. The highest BCUT2D eigenvalue weighted by molar-refractivity contribution is 5.79. The summed E-state index contributed by atoms with van der Waals surface area (Å²) in [5.74, 6) is -1.26. The summed E-state index contributed by atoms with van der Waals surface area (Å²) in [4.78, 5) is 32.0. The van der Waals surface area contributed by atoms with Crippen LogP contribution in [0.5, 0.6) is 0 Å². The lowest BCUT2D eigenvalue weighted by atomic mass is 9.94. The number of aliphatic hydroxyl groups is 1. The van der Waals surface area contributed by atoms with E-state index in [1.165, 1.54) is 51.4 Å². The molecular weight excluding hydrogens is 432 g/mol. The Kier molecular flexibility index (Phi) is 8.21. The van der Waals surface area contributed by atoms with Crippen molar-refractivity contribution in [2.75, 3.05) is 18.5 Å². The number of nitrogens with one attached hydrogen (secondary N) is 1. The zero-order valence-electron chi connectivity index (χ0n) is 20.2. The lowest BCUT2D eigenvalue weighted by Gasteiger charge is -2.36. The van der Waals surface area contributed by atoms with Gasteiger partial charge >= 0.3 is 5.97 Å². The number of rotatable bonds is 8. The monoisotopic (exact) mass is 470 g/mol. The van der Waals surface area contributed by atoms with Crippen molar-refractivity contribution >= 4 is 22.8 Å². The van der Waals surface area contributed by atoms with Gasteiger partial charge in [0, 0.05) is 18.1 Å². The summed E-state index contributed by atoms with van der Waals surface area (Å²) < 4.78 is 1.76. The number of hydrogen-bond donors (Lipinski definition) is 3. The molecule has 2 fully saturated rings. The molecule has 1 aromatic heterocycles. The molecule has 1 aliphatic heterocycles. The number of nitrogens with zero attached hydrogens (tertiary/aromatic N) is 3. The van der Waals surface area contributed by atoms with E-state index in [0.717, 1.165) is 24.9 Å². The second-order valence-corrected chi connectivity index (χ2v) is 9.96. The predicted octanol–water partition coefficient (Wildman–Crippen LogP) is 3.78. The highest BCUT2D eigenvalue weighted by atomic mass is 16.4. The molecule has 1 aromatic carbocycles. The lowest BCUT2D eigenvalue weighted by molar-refractivity contribution is -0.138. The molecule has 2 aliphatic rings. The fourth-order valence-corrected chi connectivity index (χ4v) is 5.89. The van der Waals surface area contributed by atoms with Gasteiger partial charge in [-0.2, -0.15) is 0 Å². The largest absolute Gasteiger partial charge is 0.480 e. The summed E-state index contributed by atoms with van der Waals surface area (Å²) in [7, 11) is 0. The molecule has 2 heterocycles. The van der Waals surface area contributed by atoms with Gasteiger partial charge < -0.3 is 20.1 Å². The van der Waals surface area contributed by atoms with Crippen LogP contribution in [-0.4, -0.2) is 61.9 Å². The van der Waals surface area contributed by atoms with Crippen LogP contribution in [0.25, 0.3) is 11.0 Å². The number of aliphatic carboxylic acids is 1. The zero-order chi connectivity index (χ0) is 24.1. The molecule has 0 spiro atoms. The van der Waals surface area contributed by atoms with E-state index in [9.17, 15) is 19.8 Å². The first-order valence-electron chi connectivity index (χ1n) is 12.9. The molecule has 1 aliphatic carbocycles. The molecule has 2 aromatic rings. The van der Waals surface area contributed by atoms with Crippen molar-refractivity contribution in [1.29, 1.82) is 0 Å². The molecule has 4 rings (SSSR count). The number of anilines is 1. The Morgan fingerprint density at radius 1 is 1.12 bits per heavy atom. The Balaban J connectivity index is 1.61. The van der Waals surface area contributed by atoms with Gasteiger partial charge in [0.1, 0.15) is 6.04 Å². The van der Waals surface area contributed by atoms with E-state index in [1.54, 1.807) is 4.57 Å². The summed E-state index contributed by atoms with van der Waals surface area (Å²) in [5, 5.41) is 21.4.